The fraction of sp³-hybridized carbons (Fsp3) is 0.209. The van der Waals surface area contributed by atoms with Crippen molar-refractivity contribution < 1.29 is 24.5 Å². The van der Waals surface area contributed by atoms with Crippen molar-refractivity contribution >= 4 is 35.2 Å². The summed E-state index contributed by atoms with van der Waals surface area (Å²) in [7, 11) is -1.23. The van der Waals surface area contributed by atoms with Gasteiger partial charge in [-0.15, -0.1) is 54.1 Å². The molecule has 0 saturated heterocycles. The number of hydrogen-bond donors (Lipinski definition) is 0. The molecule has 0 bridgehead atoms. The molecule has 1 radical (unpaired) electrons. The van der Waals surface area contributed by atoms with Gasteiger partial charge in [-0.1, -0.05) is 106 Å². The average Bonchev–Trinajstić information content (AvgIpc) is 3.56. The first kappa shape index (κ1) is 33.7. The van der Waals surface area contributed by atoms with Crippen molar-refractivity contribution in [2.45, 2.75) is 58.7 Å². The molecule has 1 aliphatic rings. The van der Waals surface area contributed by atoms with E-state index in [9.17, 15) is 0 Å². The van der Waals surface area contributed by atoms with Crippen LogP contribution >= 0.6 is 0 Å². The van der Waals surface area contributed by atoms with Crippen LogP contribution in [0.4, 0.5) is 0 Å². The first-order valence-corrected chi connectivity index (χ1v) is 19.9. The monoisotopic (exact) mass is 821 g/mol. The maximum Gasteiger partial charge on any atom is 0.121 e. The topological polar surface area (TPSA) is 38.9 Å². The molecular formula is C43H40IrN2OSi-2. The van der Waals surface area contributed by atoms with Gasteiger partial charge in [0.2, 0.25) is 0 Å². The predicted molar refractivity (Wildman–Crippen MR) is 199 cm³/mol. The van der Waals surface area contributed by atoms with Crippen molar-refractivity contribution in [3.63, 3.8) is 0 Å². The predicted octanol–water partition coefficient (Wildman–Crippen LogP) is 11.0. The molecule has 7 aromatic rings. The third kappa shape index (κ3) is 6.12. The Morgan fingerprint density at radius 1 is 0.729 bits per heavy atom. The maximum atomic E-state index is 6.48. The number of nitrogens with zero attached hydrogens (tertiary/aromatic N) is 2. The van der Waals surface area contributed by atoms with Crippen molar-refractivity contribution in [1.29, 1.82) is 0 Å². The maximum absolute atomic E-state index is 6.48. The van der Waals surface area contributed by atoms with Crippen molar-refractivity contribution in [2.24, 2.45) is 0 Å². The second-order valence-electron chi connectivity index (χ2n) is 14.3. The minimum atomic E-state index is -1.23. The van der Waals surface area contributed by atoms with Crippen LogP contribution in [-0.4, -0.2) is 18.0 Å². The molecule has 243 valence electrons. The van der Waals surface area contributed by atoms with Gasteiger partial charge in [0.1, 0.15) is 5.58 Å². The van der Waals surface area contributed by atoms with Gasteiger partial charge in [0, 0.05) is 43.3 Å². The second kappa shape index (κ2) is 13.0. The molecule has 0 N–H and O–H groups in total. The Kier molecular flexibility index (Phi) is 9.17. The van der Waals surface area contributed by atoms with Gasteiger partial charge < -0.3 is 14.4 Å². The van der Waals surface area contributed by atoms with Gasteiger partial charge >= 0.3 is 0 Å². The molecule has 8 rings (SSSR count). The van der Waals surface area contributed by atoms with Gasteiger partial charge in [-0.2, -0.15) is 0 Å². The van der Waals surface area contributed by atoms with Gasteiger partial charge in [-0.25, -0.2) is 0 Å². The molecule has 0 atom stereocenters. The van der Waals surface area contributed by atoms with Crippen LogP contribution in [0.15, 0.2) is 114 Å². The number of furan rings is 1. The zero-order valence-corrected chi connectivity index (χ0v) is 32.0. The van der Waals surface area contributed by atoms with Crippen molar-refractivity contribution in [3.8, 4) is 33.6 Å². The third-order valence-corrected chi connectivity index (χ3v) is 11.5. The smallest absolute Gasteiger partial charge is 0.121 e. The number of hydrogen-bond acceptors (Lipinski definition) is 3. The van der Waals surface area contributed by atoms with E-state index in [1.165, 1.54) is 33.0 Å². The van der Waals surface area contributed by atoms with E-state index >= 15 is 0 Å². The normalized spacial score (nSPS) is 13.1. The molecule has 0 saturated carbocycles. The summed E-state index contributed by atoms with van der Waals surface area (Å²) < 4.78 is 6.48. The van der Waals surface area contributed by atoms with E-state index in [4.69, 9.17) is 4.42 Å². The molecule has 48 heavy (non-hydrogen) atoms. The molecule has 0 spiro atoms. The van der Waals surface area contributed by atoms with Crippen LogP contribution in [0, 0.1) is 12.1 Å². The first-order valence-electron chi connectivity index (χ1n) is 16.4. The Bertz CT molecular complexity index is 2230. The van der Waals surface area contributed by atoms with Gasteiger partial charge in [-0.3, -0.25) is 0 Å². The zero-order valence-electron chi connectivity index (χ0n) is 28.6. The molecule has 5 heteroatoms. The van der Waals surface area contributed by atoms with E-state index in [1.807, 2.05) is 42.7 Å². The van der Waals surface area contributed by atoms with Crippen molar-refractivity contribution in [2.75, 3.05) is 0 Å². The molecule has 0 aliphatic heterocycles. The van der Waals surface area contributed by atoms with E-state index in [0.29, 0.717) is 5.92 Å². The molecule has 0 fully saturated rings. The third-order valence-electron chi connectivity index (χ3n) is 9.46. The summed E-state index contributed by atoms with van der Waals surface area (Å²) in [6.45, 7) is 16.0. The number of fused-ring (bicyclic) bond motifs is 6. The summed E-state index contributed by atoms with van der Waals surface area (Å²) in [6, 6.07) is 40.4. The number of rotatable bonds is 4. The van der Waals surface area contributed by atoms with E-state index < -0.39 is 8.07 Å². The SMILES string of the molecule is CC(C)c1ccnc(-c2[c-]ccc3c2oc2cc4c(cc23)-c2ccccc2C4(C)C)c1.C[Si](C)(C)c1ccc(-c2[c-]cccc2)nc1.[Ir]. The number of pyridine rings is 2. The number of benzene rings is 4. The molecule has 3 aromatic heterocycles. The Morgan fingerprint density at radius 3 is 2.23 bits per heavy atom. The van der Waals surface area contributed by atoms with Crippen molar-refractivity contribution in [1.82, 2.24) is 9.97 Å². The van der Waals surface area contributed by atoms with E-state index in [1.54, 1.807) is 0 Å². The summed E-state index contributed by atoms with van der Waals surface area (Å²) in [4.78, 5) is 9.16. The summed E-state index contributed by atoms with van der Waals surface area (Å²) >= 11 is 0. The van der Waals surface area contributed by atoms with Crippen molar-refractivity contribution in [3.05, 3.63) is 138 Å². The molecule has 0 unspecified atom stereocenters. The fourth-order valence-corrected chi connectivity index (χ4v) is 7.65. The second-order valence-corrected chi connectivity index (χ2v) is 19.4. The standard InChI is InChI=1S/C29H24NO.C14H16NSi.Ir/c1-17(2)18-12-13-30-26(14-18)21-10-7-9-20-23-15-22-19-8-5-6-11-24(19)29(3,4)25(22)16-27(23)31-28(20)21;1-16(2,3)13-9-10-14(15-11-13)12-7-5-4-6-8-12;/h5-9,11-17H,1-4H3;4-7,9-11H,1-3H3;/q2*-1;. The zero-order chi connectivity index (χ0) is 32.9. The van der Waals surface area contributed by atoms with Gasteiger partial charge in [0.25, 0.3) is 0 Å². The minimum absolute atomic E-state index is 0. The van der Waals surface area contributed by atoms with Crippen LogP contribution in [0.3, 0.4) is 0 Å². The Balaban J connectivity index is 0.000000201. The summed E-state index contributed by atoms with van der Waals surface area (Å²) in [6.07, 6.45) is 3.90. The van der Waals surface area contributed by atoms with Crippen LogP contribution < -0.4 is 5.19 Å². The Hall–Kier alpha value is -4.15. The molecule has 1 aliphatic carbocycles. The van der Waals surface area contributed by atoms with E-state index in [2.05, 4.69) is 136 Å². The van der Waals surface area contributed by atoms with Crippen LogP contribution in [0.5, 0.6) is 0 Å². The number of aromatic nitrogens is 2. The van der Waals surface area contributed by atoms with E-state index in [0.717, 1.165) is 44.5 Å². The minimum Gasteiger partial charge on any atom is -0.501 e. The Morgan fingerprint density at radius 2 is 1.52 bits per heavy atom. The molecule has 0 amide bonds. The fourth-order valence-electron chi connectivity index (χ4n) is 6.62. The van der Waals surface area contributed by atoms with Gasteiger partial charge in [0.05, 0.1) is 13.7 Å². The average molecular weight is 821 g/mol. The summed E-state index contributed by atoms with van der Waals surface area (Å²) in [5, 5.41) is 3.66. The summed E-state index contributed by atoms with van der Waals surface area (Å²) in [5.41, 5.74) is 12.3. The molecule has 4 aromatic carbocycles. The van der Waals surface area contributed by atoms with Crippen LogP contribution in [0.1, 0.15) is 50.3 Å². The molecular weight excluding hydrogens is 781 g/mol. The van der Waals surface area contributed by atoms with Crippen LogP contribution in [0.2, 0.25) is 19.6 Å². The first-order chi connectivity index (χ1) is 22.5. The molecule has 3 heterocycles. The quantitative estimate of drug-likeness (QED) is 0.131. The van der Waals surface area contributed by atoms with Crippen LogP contribution in [-0.2, 0) is 25.5 Å². The van der Waals surface area contributed by atoms with Crippen LogP contribution in [0.25, 0.3) is 55.6 Å². The Labute approximate surface area is 298 Å². The van der Waals surface area contributed by atoms with Gasteiger partial charge in [0.15, 0.2) is 0 Å². The van der Waals surface area contributed by atoms with Gasteiger partial charge in [-0.05, 0) is 62.9 Å². The molecule has 3 nitrogen and oxygen atoms in total. The largest absolute Gasteiger partial charge is 0.501 e. The van der Waals surface area contributed by atoms with E-state index in [-0.39, 0.29) is 25.5 Å². The summed E-state index contributed by atoms with van der Waals surface area (Å²) in [5.74, 6) is 0.446.